The molecule has 0 bridgehead atoms. The van der Waals surface area contributed by atoms with Gasteiger partial charge in [-0.05, 0) is 12.3 Å². The van der Waals surface area contributed by atoms with E-state index in [0.717, 1.165) is 5.69 Å². The lowest BCUT2D eigenvalue weighted by Gasteiger charge is -2.30. The molecule has 0 spiro atoms. The van der Waals surface area contributed by atoms with Crippen molar-refractivity contribution >= 4 is 5.82 Å². The average Bonchev–Trinajstić information content (AvgIpc) is 2.22. The molecule has 0 saturated heterocycles. The molecular weight excluding hydrogens is 238 g/mol. The fourth-order valence-corrected chi connectivity index (χ4v) is 1.87. The number of hydrogen-bond donors (Lipinski definition) is 1. The molecule has 0 aliphatic carbocycles. The highest BCUT2D eigenvalue weighted by Gasteiger charge is 2.30. The van der Waals surface area contributed by atoms with E-state index >= 15 is 0 Å². The summed E-state index contributed by atoms with van der Waals surface area (Å²) in [6.07, 6.45) is -0.151. The van der Waals surface area contributed by atoms with Gasteiger partial charge in [0.05, 0.1) is 5.69 Å². The number of nitrogen functional groups attached to an aromatic ring is 1. The van der Waals surface area contributed by atoms with Crippen molar-refractivity contribution in [3.05, 3.63) is 17.6 Å². The Morgan fingerprint density at radius 1 is 1.16 bits per heavy atom. The number of hydrogen-bond acceptors (Lipinski definition) is 4. The van der Waals surface area contributed by atoms with Crippen LogP contribution >= 0.6 is 0 Å². The largest absolute Gasteiger partial charge is 0.384 e. The Labute approximate surface area is 116 Å². The lowest BCUT2D eigenvalue weighted by atomic mass is 9.87. The summed E-state index contributed by atoms with van der Waals surface area (Å²) in [5.41, 5.74) is 6.75. The standard InChI is InChI=1S/C15H27N3O/c1-8-19-12(15(5,6)7)13-17-10(14(2,3)4)9-11(16)18-13/h9,12H,8H2,1-7H3,(H2,16,17,18). The molecule has 1 aromatic heterocycles. The molecule has 108 valence electrons. The van der Waals surface area contributed by atoms with Gasteiger partial charge in [0.2, 0.25) is 0 Å². The number of rotatable bonds is 3. The summed E-state index contributed by atoms with van der Waals surface area (Å²) in [7, 11) is 0. The van der Waals surface area contributed by atoms with Crippen molar-refractivity contribution in [3.63, 3.8) is 0 Å². The van der Waals surface area contributed by atoms with Gasteiger partial charge in [-0.25, -0.2) is 9.97 Å². The van der Waals surface area contributed by atoms with Crippen LogP contribution in [0, 0.1) is 5.41 Å². The van der Waals surface area contributed by atoms with Crippen LogP contribution in [-0.4, -0.2) is 16.6 Å². The first-order valence-corrected chi connectivity index (χ1v) is 6.82. The number of anilines is 1. The highest BCUT2D eigenvalue weighted by atomic mass is 16.5. The van der Waals surface area contributed by atoms with Crippen molar-refractivity contribution < 1.29 is 4.74 Å². The Kier molecular flexibility index (Phi) is 4.56. The van der Waals surface area contributed by atoms with E-state index in [9.17, 15) is 0 Å². The van der Waals surface area contributed by atoms with Crippen molar-refractivity contribution in [3.8, 4) is 0 Å². The van der Waals surface area contributed by atoms with Crippen molar-refractivity contribution in [2.75, 3.05) is 12.3 Å². The van der Waals surface area contributed by atoms with Crippen molar-refractivity contribution in [2.24, 2.45) is 5.41 Å². The van der Waals surface area contributed by atoms with E-state index in [1.165, 1.54) is 0 Å². The maximum Gasteiger partial charge on any atom is 0.160 e. The molecule has 0 aliphatic rings. The maximum absolute atomic E-state index is 5.93. The van der Waals surface area contributed by atoms with Gasteiger partial charge in [0.25, 0.3) is 0 Å². The Balaban J connectivity index is 3.28. The minimum Gasteiger partial charge on any atom is -0.384 e. The van der Waals surface area contributed by atoms with E-state index in [1.807, 2.05) is 13.0 Å². The quantitative estimate of drug-likeness (QED) is 0.909. The van der Waals surface area contributed by atoms with Gasteiger partial charge < -0.3 is 10.5 Å². The third kappa shape index (κ3) is 4.16. The second-order valence-corrected chi connectivity index (χ2v) is 6.99. The van der Waals surface area contributed by atoms with E-state index in [0.29, 0.717) is 18.2 Å². The third-order valence-electron chi connectivity index (χ3n) is 2.89. The van der Waals surface area contributed by atoms with Crippen LogP contribution < -0.4 is 5.73 Å². The first kappa shape index (κ1) is 15.9. The van der Waals surface area contributed by atoms with Crippen LogP contribution in [0.4, 0.5) is 5.82 Å². The van der Waals surface area contributed by atoms with E-state index in [2.05, 4.69) is 51.5 Å². The molecule has 4 nitrogen and oxygen atoms in total. The molecule has 1 atom stereocenters. The maximum atomic E-state index is 5.93. The Hall–Kier alpha value is -1.16. The topological polar surface area (TPSA) is 61.0 Å². The second kappa shape index (κ2) is 5.45. The van der Waals surface area contributed by atoms with Crippen molar-refractivity contribution in [1.29, 1.82) is 0 Å². The molecule has 2 N–H and O–H groups in total. The number of aromatic nitrogens is 2. The van der Waals surface area contributed by atoms with Crippen molar-refractivity contribution in [1.82, 2.24) is 9.97 Å². The van der Waals surface area contributed by atoms with E-state index in [-0.39, 0.29) is 16.9 Å². The Morgan fingerprint density at radius 3 is 2.16 bits per heavy atom. The fraction of sp³-hybridized carbons (Fsp3) is 0.733. The van der Waals surface area contributed by atoms with E-state index < -0.39 is 0 Å². The predicted octanol–water partition coefficient (Wildman–Crippen LogP) is 3.48. The van der Waals surface area contributed by atoms with Gasteiger partial charge in [-0.3, -0.25) is 0 Å². The van der Waals surface area contributed by atoms with Crippen LogP contribution in [0.15, 0.2) is 6.07 Å². The van der Waals surface area contributed by atoms with Crippen molar-refractivity contribution in [2.45, 2.75) is 60.0 Å². The Morgan fingerprint density at radius 2 is 1.74 bits per heavy atom. The minimum absolute atomic E-state index is 0.0551. The lowest BCUT2D eigenvalue weighted by Crippen LogP contribution is -2.26. The zero-order valence-electron chi connectivity index (χ0n) is 13.2. The van der Waals surface area contributed by atoms with Crippen LogP contribution in [0.3, 0.4) is 0 Å². The molecule has 19 heavy (non-hydrogen) atoms. The molecule has 1 unspecified atom stereocenters. The molecular formula is C15H27N3O. The molecule has 1 aromatic rings. The number of nitrogens with zero attached hydrogens (tertiary/aromatic N) is 2. The van der Waals surface area contributed by atoms with E-state index in [4.69, 9.17) is 10.5 Å². The second-order valence-electron chi connectivity index (χ2n) is 6.99. The summed E-state index contributed by atoms with van der Waals surface area (Å²) in [6, 6.07) is 1.84. The molecule has 0 aromatic carbocycles. The molecule has 1 rings (SSSR count). The van der Waals surface area contributed by atoms with Gasteiger partial charge in [-0.15, -0.1) is 0 Å². The van der Waals surface area contributed by atoms with Gasteiger partial charge in [0.15, 0.2) is 5.82 Å². The summed E-state index contributed by atoms with van der Waals surface area (Å²) in [6.45, 7) is 15.3. The SMILES string of the molecule is CCOC(c1nc(N)cc(C(C)(C)C)n1)C(C)(C)C. The molecule has 0 aliphatic heterocycles. The highest BCUT2D eigenvalue weighted by Crippen LogP contribution is 2.35. The monoisotopic (exact) mass is 265 g/mol. The average molecular weight is 265 g/mol. The third-order valence-corrected chi connectivity index (χ3v) is 2.89. The summed E-state index contributed by atoms with van der Waals surface area (Å²) < 4.78 is 5.83. The number of nitrogens with two attached hydrogens (primary N) is 1. The normalized spacial score (nSPS) is 14.5. The molecule has 0 fully saturated rings. The Bertz CT molecular complexity index is 430. The van der Waals surface area contributed by atoms with Gasteiger partial charge in [-0.1, -0.05) is 41.5 Å². The lowest BCUT2D eigenvalue weighted by molar-refractivity contribution is -0.0192. The van der Waals surface area contributed by atoms with Gasteiger partial charge in [0, 0.05) is 18.1 Å². The first-order valence-electron chi connectivity index (χ1n) is 6.82. The highest BCUT2D eigenvalue weighted by molar-refractivity contribution is 5.33. The smallest absolute Gasteiger partial charge is 0.160 e. The minimum atomic E-state index is -0.151. The van der Waals surface area contributed by atoms with Gasteiger partial charge in [-0.2, -0.15) is 0 Å². The molecule has 1 heterocycles. The van der Waals surface area contributed by atoms with Crippen LogP contribution in [0.5, 0.6) is 0 Å². The molecule has 0 saturated carbocycles. The molecule has 0 amide bonds. The zero-order valence-corrected chi connectivity index (χ0v) is 13.2. The zero-order chi connectivity index (χ0) is 14.8. The summed E-state index contributed by atoms with van der Waals surface area (Å²) in [5.74, 6) is 1.18. The first-order chi connectivity index (χ1) is 8.55. The van der Waals surface area contributed by atoms with Crippen LogP contribution in [0.25, 0.3) is 0 Å². The van der Waals surface area contributed by atoms with E-state index in [1.54, 1.807) is 0 Å². The fourth-order valence-electron chi connectivity index (χ4n) is 1.87. The number of ether oxygens (including phenoxy) is 1. The molecule has 4 heteroatoms. The predicted molar refractivity (Wildman–Crippen MR) is 79.0 cm³/mol. The summed E-state index contributed by atoms with van der Waals surface area (Å²) in [4.78, 5) is 9.05. The van der Waals surface area contributed by atoms with Crippen LogP contribution in [0.1, 0.15) is 66.1 Å². The molecule has 0 radical (unpaired) electrons. The summed E-state index contributed by atoms with van der Waals surface area (Å²) in [5, 5.41) is 0. The van der Waals surface area contributed by atoms with Crippen LogP contribution in [-0.2, 0) is 10.2 Å². The van der Waals surface area contributed by atoms with Crippen LogP contribution in [0.2, 0.25) is 0 Å². The van der Waals surface area contributed by atoms with Gasteiger partial charge in [0.1, 0.15) is 11.9 Å². The summed E-state index contributed by atoms with van der Waals surface area (Å²) >= 11 is 0. The van der Waals surface area contributed by atoms with Gasteiger partial charge >= 0.3 is 0 Å².